The van der Waals surface area contributed by atoms with Crippen LogP contribution in [0.4, 0.5) is 5.69 Å². The van der Waals surface area contributed by atoms with E-state index in [1.165, 1.54) is 7.11 Å². The molecule has 104 valence electrons. The average Bonchev–Trinajstić information content (AvgIpc) is 2.41. The number of rotatable bonds is 3. The van der Waals surface area contributed by atoms with E-state index in [0.717, 1.165) is 3.57 Å². The monoisotopic (exact) mass is 421 g/mol. The second-order valence-electron chi connectivity index (χ2n) is 3.93. The number of methoxy groups -OCH3 is 1. The van der Waals surface area contributed by atoms with Crippen LogP contribution in [0.3, 0.4) is 0 Å². The SMILES string of the molecule is COc1ccc(NC(=O)c2cc(Cl)ccc2I)cc1Cl. The van der Waals surface area contributed by atoms with Crippen LogP contribution in [0.1, 0.15) is 10.4 Å². The van der Waals surface area contributed by atoms with E-state index in [-0.39, 0.29) is 5.91 Å². The molecule has 0 aliphatic heterocycles. The van der Waals surface area contributed by atoms with Crippen LogP contribution in [0.5, 0.6) is 5.75 Å². The van der Waals surface area contributed by atoms with Crippen LogP contribution in [0.15, 0.2) is 36.4 Å². The summed E-state index contributed by atoms with van der Waals surface area (Å²) < 4.78 is 5.88. The molecule has 1 N–H and O–H groups in total. The van der Waals surface area contributed by atoms with Crippen molar-refractivity contribution in [1.29, 1.82) is 0 Å². The standard InChI is InChI=1S/C14H10Cl2INO2/c1-20-13-5-3-9(7-11(13)16)18-14(19)10-6-8(15)2-4-12(10)17/h2-7H,1H3,(H,18,19). The Balaban J connectivity index is 2.23. The molecule has 0 spiro atoms. The zero-order chi connectivity index (χ0) is 14.7. The molecule has 20 heavy (non-hydrogen) atoms. The topological polar surface area (TPSA) is 38.3 Å². The Kier molecular flexibility index (Phi) is 5.12. The van der Waals surface area contributed by atoms with E-state index in [0.29, 0.717) is 27.0 Å². The van der Waals surface area contributed by atoms with Crippen LogP contribution < -0.4 is 10.1 Å². The van der Waals surface area contributed by atoms with Crippen LogP contribution in [-0.2, 0) is 0 Å². The number of amides is 1. The van der Waals surface area contributed by atoms with Gasteiger partial charge in [0.1, 0.15) is 5.75 Å². The molecule has 3 nitrogen and oxygen atoms in total. The first-order valence-electron chi connectivity index (χ1n) is 5.61. The molecule has 0 saturated carbocycles. The van der Waals surface area contributed by atoms with Gasteiger partial charge in [-0.25, -0.2) is 0 Å². The number of carbonyl (C=O) groups is 1. The van der Waals surface area contributed by atoms with Crippen molar-refractivity contribution in [2.45, 2.75) is 0 Å². The van der Waals surface area contributed by atoms with Crippen molar-refractivity contribution in [2.24, 2.45) is 0 Å². The third-order valence-corrected chi connectivity index (χ3v) is 4.05. The Labute approximate surface area is 140 Å². The van der Waals surface area contributed by atoms with Crippen LogP contribution in [0, 0.1) is 3.57 Å². The van der Waals surface area contributed by atoms with Crippen molar-refractivity contribution in [3.63, 3.8) is 0 Å². The Bertz CT molecular complexity index is 662. The van der Waals surface area contributed by atoms with E-state index < -0.39 is 0 Å². The van der Waals surface area contributed by atoms with Crippen LogP contribution >= 0.6 is 45.8 Å². The van der Waals surface area contributed by atoms with Gasteiger partial charge in [-0.1, -0.05) is 23.2 Å². The molecule has 2 aromatic carbocycles. The Hall–Kier alpha value is -0.980. The Morgan fingerprint density at radius 2 is 1.95 bits per heavy atom. The second-order valence-corrected chi connectivity index (χ2v) is 5.93. The second kappa shape index (κ2) is 6.65. The summed E-state index contributed by atoms with van der Waals surface area (Å²) >= 11 is 14.0. The lowest BCUT2D eigenvalue weighted by molar-refractivity contribution is 0.102. The lowest BCUT2D eigenvalue weighted by atomic mass is 10.2. The summed E-state index contributed by atoms with van der Waals surface area (Å²) in [5, 5.41) is 3.73. The molecule has 0 aliphatic rings. The first kappa shape index (κ1) is 15.4. The minimum atomic E-state index is -0.238. The number of halogens is 3. The number of carbonyl (C=O) groups excluding carboxylic acids is 1. The maximum atomic E-state index is 12.2. The molecule has 0 unspecified atom stereocenters. The van der Waals surface area contributed by atoms with Crippen molar-refractivity contribution in [3.8, 4) is 5.75 Å². The number of benzene rings is 2. The molecule has 0 atom stereocenters. The molecule has 2 rings (SSSR count). The van der Waals surface area contributed by atoms with E-state index in [1.54, 1.807) is 36.4 Å². The van der Waals surface area contributed by atoms with E-state index in [2.05, 4.69) is 27.9 Å². The summed E-state index contributed by atoms with van der Waals surface area (Å²) in [5.41, 5.74) is 1.11. The van der Waals surface area contributed by atoms with E-state index in [1.807, 2.05) is 0 Å². The van der Waals surface area contributed by atoms with Gasteiger partial charge in [-0.3, -0.25) is 4.79 Å². The normalized spacial score (nSPS) is 10.2. The molecule has 0 saturated heterocycles. The van der Waals surface area contributed by atoms with Gasteiger partial charge in [0, 0.05) is 14.3 Å². The Morgan fingerprint density at radius 1 is 1.20 bits per heavy atom. The average molecular weight is 422 g/mol. The first-order valence-corrected chi connectivity index (χ1v) is 7.44. The molecule has 0 heterocycles. The minimum absolute atomic E-state index is 0.238. The Morgan fingerprint density at radius 3 is 2.60 bits per heavy atom. The minimum Gasteiger partial charge on any atom is -0.495 e. The van der Waals surface area contributed by atoms with Gasteiger partial charge in [0.15, 0.2) is 0 Å². The summed E-state index contributed by atoms with van der Waals surface area (Å²) in [5.74, 6) is 0.320. The maximum absolute atomic E-state index is 12.2. The van der Waals surface area contributed by atoms with Gasteiger partial charge in [-0.15, -0.1) is 0 Å². The molecule has 0 fully saturated rings. The summed E-state index contributed by atoms with van der Waals surface area (Å²) in [4.78, 5) is 12.2. The summed E-state index contributed by atoms with van der Waals surface area (Å²) in [6.45, 7) is 0. The van der Waals surface area contributed by atoms with Gasteiger partial charge in [0.05, 0.1) is 17.7 Å². The summed E-state index contributed by atoms with van der Waals surface area (Å²) in [6.07, 6.45) is 0. The number of hydrogen-bond acceptors (Lipinski definition) is 2. The quantitative estimate of drug-likeness (QED) is 0.718. The highest BCUT2D eigenvalue weighted by atomic mass is 127. The molecule has 0 aromatic heterocycles. The van der Waals surface area contributed by atoms with Gasteiger partial charge < -0.3 is 10.1 Å². The first-order chi connectivity index (χ1) is 9.51. The van der Waals surface area contributed by atoms with Crippen molar-refractivity contribution in [1.82, 2.24) is 0 Å². The van der Waals surface area contributed by atoms with Crippen molar-refractivity contribution in [2.75, 3.05) is 12.4 Å². The lowest BCUT2D eigenvalue weighted by Gasteiger charge is -2.09. The van der Waals surface area contributed by atoms with Crippen molar-refractivity contribution in [3.05, 3.63) is 55.6 Å². The highest BCUT2D eigenvalue weighted by molar-refractivity contribution is 14.1. The number of ether oxygens (including phenoxy) is 1. The smallest absolute Gasteiger partial charge is 0.256 e. The molecule has 0 bridgehead atoms. The van der Waals surface area contributed by atoms with E-state index in [4.69, 9.17) is 27.9 Å². The highest BCUT2D eigenvalue weighted by Crippen LogP contribution is 2.28. The number of anilines is 1. The molecule has 1 amide bonds. The van der Waals surface area contributed by atoms with Crippen LogP contribution in [0.25, 0.3) is 0 Å². The fraction of sp³-hybridized carbons (Fsp3) is 0.0714. The van der Waals surface area contributed by atoms with Gasteiger partial charge in [-0.2, -0.15) is 0 Å². The largest absolute Gasteiger partial charge is 0.495 e. The van der Waals surface area contributed by atoms with Crippen LogP contribution in [-0.4, -0.2) is 13.0 Å². The third kappa shape index (κ3) is 3.56. The number of hydrogen-bond donors (Lipinski definition) is 1. The predicted octanol–water partition coefficient (Wildman–Crippen LogP) is 4.86. The molecular weight excluding hydrogens is 412 g/mol. The van der Waals surface area contributed by atoms with Gasteiger partial charge in [0.2, 0.25) is 0 Å². The molecular formula is C14H10Cl2INO2. The zero-order valence-corrected chi connectivity index (χ0v) is 14.1. The van der Waals surface area contributed by atoms with E-state index in [9.17, 15) is 4.79 Å². The summed E-state index contributed by atoms with van der Waals surface area (Å²) in [7, 11) is 1.54. The lowest BCUT2D eigenvalue weighted by Crippen LogP contribution is -2.13. The summed E-state index contributed by atoms with van der Waals surface area (Å²) in [6, 6.07) is 10.2. The van der Waals surface area contributed by atoms with Crippen molar-refractivity contribution < 1.29 is 9.53 Å². The maximum Gasteiger partial charge on any atom is 0.256 e. The predicted molar refractivity (Wildman–Crippen MR) is 90.1 cm³/mol. The third-order valence-electron chi connectivity index (χ3n) is 2.58. The fourth-order valence-electron chi connectivity index (χ4n) is 1.61. The molecule has 0 aliphatic carbocycles. The fourth-order valence-corrected chi connectivity index (χ4v) is 2.62. The van der Waals surface area contributed by atoms with Gasteiger partial charge >= 0.3 is 0 Å². The zero-order valence-electron chi connectivity index (χ0n) is 10.4. The molecule has 2 aromatic rings. The number of nitrogens with one attached hydrogen (secondary N) is 1. The molecule has 6 heteroatoms. The van der Waals surface area contributed by atoms with Crippen molar-refractivity contribution >= 4 is 57.4 Å². The van der Waals surface area contributed by atoms with E-state index >= 15 is 0 Å². The molecule has 0 radical (unpaired) electrons. The highest BCUT2D eigenvalue weighted by Gasteiger charge is 2.12. The van der Waals surface area contributed by atoms with Gasteiger partial charge in [-0.05, 0) is 59.0 Å². The van der Waals surface area contributed by atoms with Crippen LogP contribution in [0.2, 0.25) is 10.0 Å². The van der Waals surface area contributed by atoms with Gasteiger partial charge in [0.25, 0.3) is 5.91 Å².